The number of nitrogens with one attached hydrogen (secondary N) is 1. The normalized spacial score (nSPS) is 19.7. The van der Waals surface area contributed by atoms with Crippen molar-refractivity contribution >= 4 is 23.5 Å². The number of rotatable bonds is 8. The molecular formula is C16H20ClFN2O4. The van der Waals surface area contributed by atoms with E-state index in [2.05, 4.69) is 5.32 Å². The van der Waals surface area contributed by atoms with Crippen LogP contribution in [-0.2, 0) is 9.59 Å². The Balaban J connectivity index is 1.70. The summed E-state index contributed by atoms with van der Waals surface area (Å²) >= 11 is 5.64. The molecule has 24 heavy (non-hydrogen) atoms. The molecule has 0 saturated heterocycles. The summed E-state index contributed by atoms with van der Waals surface area (Å²) < 4.78 is 18.3. The summed E-state index contributed by atoms with van der Waals surface area (Å²) in [4.78, 5) is 24.5. The number of amides is 1. The fraction of sp³-hybridized carbons (Fsp3) is 0.500. The minimum absolute atomic E-state index is 0.0102. The first-order valence-electron chi connectivity index (χ1n) is 7.72. The number of aliphatic carboxylic acids is 1. The van der Waals surface area contributed by atoms with Crippen molar-refractivity contribution < 1.29 is 23.8 Å². The van der Waals surface area contributed by atoms with Gasteiger partial charge in [-0.2, -0.15) is 0 Å². The molecule has 132 valence electrons. The van der Waals surface area contributed by atoms with Crippen LogP contribution in [0.3, 0.4) is 0 Å². The van der Waals surface area contributed by atoms with Crippen molar-refractivity contribution in [2.75, 3.05) is 19.7 Å². The van der Waals surface area contributed by atoms with Gasteiger partial charge in [0, 0.05) is 18.2 Å². The van der Waals surface area contributed by atoms with Crippen molar-refractivity contribution in [2.45, 2.75) is 31.8 Å². The van der Waals surface area contributed by atoms with Gasteiger partial charge in [-0.1, -0.05) is 18.5 Å². The molecule has 0 aliphatic heterocycles. The molecule has 8 heteroatoms. The zero-order chi connectivity index (χ0) is 17.7. The van der Waals surface area contributed by atoms with E-state index in [1.807, 2.05) is 11.8 Å². The molecule has 1 amide bonds. The van der Waals surface area contributed by atoms with Crippen molar-refractivity contribution in [2.24, 2.45) is 0 Å². The van der Waals surface area contributed by atoms with Gasteiger partial charge in [0.15, 0.2) is 6.61 Å². The molecular weight excluding hydrogens is 339 g/mol. The van der Waals surface area contributed by atoms with E-state index < -0.39 is 11.8 Å². The number of carboxylic acid groups (broad SMARTS) is 1. The number of halogens is 2. The number of ether oxygens (including phenoxy) is 1. The third kappa shape index (κ3) is 5.07. The maximum absolute atomic E-state index is 13.0. The lowest BCUT2D eigenvalue weighted by atomic mass is 9.85. The molecule has 1 saturated carbocycles. The monoisotopic (exact) mass is 358 g/mol. The number of hydrogen-bond donors (Lipinski definition) is 2. The highest BCUT2D eigenvalue weighted by Gasteiger charge is 2.34. The Bertz CT molecular complexity index is 608. The second-order valence-electron chi connectivity index (χ2n) is 5.71. The van der Waals surface area contributed by atoms with Gasteiger partial charge in [0.1, 0.15) is 11.6 Å². The predicted molar refractivity (Wildman–Crippen MR) is 86.7 cm³/mol. The Hall–Kier alpha value is -1.86. The minimum atomic E-state index is -0.851. The number of hydrogen-bond acceptors (Lipinski definition) is 4. The van der Waals surface area contributed by atoms with Crippen molar-refractivity contribution in [1.82, 2.24) is 10.2 Å². The number of benzene rings is 1. The van der Waals surface area contributed by atoms with Crippen LogP contribution in [0.1, 0.15) is 19.8 Å². The van der Waals surface area contributed by atoms with E-state index in [0.29, 0.717) is 12.3 Å². The number of likely N-dealkylation sites (N-methyl/N-ethyl adjacent to an activating group) is 1. The molecule has 0 atom stereocenters. The van der Waals surface area contributed by atoms with E-state index >= 15 is 0 Å². The summed E-state index contributed by atoms with van der Waals surface area (Å²) in [5, 5.41) is 11.6. The first-order chi connectivity index (χ1) is 11.4. The lowest BCUT2D eigenvalue weighted by molar-refractivity contribution is -0.139. The highest BCUT2D eigenvalue weighted by Crippen LogP contribution is 2.25. The molecule has 0 spiro atoms. The smallest absolute Gasteiger partial charge is 0.317 e. The van der Waals surface area contributed by atoms with Crippen LogP contribution in [0.2, 0.25) is 5.02 Å². The Labute approximate surface area is 144 Å². The number of carbonyl (C=O) groups excluding carboxylic acids is 1. The van der Waals surface area contributed by atoms with Crippen LogP contribution in [0, 0.1) is 5.82 Å². The van der Waals surface area contributed by atoms with Crippen molar-refractivity contribution in [1.29, 1.82) is 0 Å². The van der Waals surface area contributed by atoms with E-state index in [9.17, 15) is 14.0 Å². The van der Waals surface area contributed by atoms with E-state index in [1.165, 1.54) is 18.2 Å². The third-order valence-electron chi connectivity index (χ3n) is 4.00. The zero-order valence-corrected chi connectivity index (χ0v) is 14.1. The molecule has 0 bridgehead atoms. The first-order valence-corrected chi connectivity index (χ1v) is 8.10. The lowest BCUT2D eigenvalue weighted by Gasteiger charge is -2.42. The molecule has 6 nitrogen and oxygen atoms in total. The zero-order valence-electron chi connectivity index (χ0n) is 13.3. The van der Waals surface area contributed by atoms with Crippen molar-refractivity contribution in [3.63, 3.8) is 0 Å². The average Bonchev–Trinajstić information content (AvgIpc) is 2.49. The second kappa shape index (κ2) is 8.30. The van der Waals surface area contributed by atoms with Crippen LogP contribution in [0.25, 0.3) is 0 Å². The van der Waals surface area contributed by atoms with Crippen LogP contribution in [0.5, 0.6) is 5.75 Å². The summed E-state index contributed by atoms with van der Waals surface area (Å²) in [6.45, 7) is 2.40. The molecule has 1 aliphatic carbocycles. The van der Waals surface area contributed by atoms with Crippen LogP contribution in [-0.4, -0.2) is 53.7 Å². The highest BCUT2D eigenvalue weighted by atomic mass is 35.5. The van der Waals surface area contributed by atoms with E-state index in [0.717, 1.165) is 12.8 Å². The lowest BCUT2D eigenvalue weighted by Crippen LogP contribution is -2.55. The summed E-state index contributed by atoms with van der Waals surface area (Å²) in [5.41, 5.74) is 0. The molecule has 0 unspecified atom stereocenters. The summed E-state index contributed by atoms with van der Waals surface area (Å²) in [6.07, 6.45) is 1.43. The van der Waals surface area contributed by atoms with Gasteiger partial charge in [0.25, 0.3) is 5.91 Å². The molecule has 1 fully saturated rings. The third-order valence-corrected chi connectivity index (χ3v) is 4.29. The topological polar surface area (TPSA) is 78.9 Å². The minimum Gasteiger partial charge on any atom is -0.484 e. The summed E-state index contributed by atoms with van der Waals surface area (Å²) in [7, 11) is 0. The number of carboxylic acids is 1. The summed E-state index contributed by atoms with van der Waals surface area (Å²) in [5.74, 6) is -1.35. The van der Waals surface area contributed by atoms with E-state index in [1.54, 1.807) is 0 Å². The largest absolute Gasteiger partial charge is 0.484 e. The summed E-state index contributed by atoms with van der Waals surface area (Å²) in [6, 6.07) is 4.08. The Morgan fingerprint density at radius 1 is 1.46 bits per heavy atom. The maximum Gasteiger partial charge on any atom is 0.317 e. The number of nitrogens with zero attached hydrogens (tertiary/aromatic N) is 1. The van der Waals surface area contributed by atoms with Gasteiger partial charge in [0.2, 0.25) is 0 Å². The standard InChI is InChI=1S/C16H20ClFN2O4/c1-2-20(8-16(22)23)11-5-10(6-11)19-15(21)9-24-12-3-4-14(18)13(17)7-12/h3-4,7,10-11H,2,5-6,8-9H2,1H3,(H,19,21)(H,22,23). The molecule has 2 N–H and O–H groups in total. The molecule has 1 aromatic rings. The van der Waals surface area contributed by atoms with Gasteiger partial charge in [-0.05, 0) is 31.5 Å². The Kier molecular flexibility index (Phi) is 6.39. The SMILES string of the molecule is CCN(CC(=O)O)C1CC(NC(=O)COc2ccc(F)c(Cl)c2)C1. The fourth-order valence-electron chi connectivity index (χ4n) is 2.66. The molecule has 2 rings (SSSR count). The van der Waals surface area contributed by atoms with Crippen molar-refractivity contribution in [3.05, 3.63) is 29.0 Å². The van der Waals surface area contributed by atoms with Gasteiger partial charge in [-0.3, -0.25) is 14.5 Å². The highest BCUT2D eigenvalue weighted by molar-refractivity contribution is 6.30. The first kappa shape index (κ1) is 18.5. The van der Waals surface area contributed by atoms with Crippen LogP contribution in [0.15, 0.2) is 18.2 Å². The Morgan fingerprint density at radius 3 is 2.75 bits per heavy atom. The van der Waals surface area contributed by atoms with Gasteiger partial charge in [-0.15, -0.1) is 0 Å². The van der Waals surface area contributed by atoms with Gasteiger partial charge >= 0.3 is 5.97 Å². The van der Waals surface area contributed by atoms with Crippen LogP contribution < -0.4 is 10.1 Å². The molecule has 1 aromatic carbocycles. The molecule has 1 aliphatic rings. The van der Waals surface area contributed by atoms with Crippen molar-refractivity contribution in [3.8, 4) is 5.75 Å². The second-order valence-corrected chi connectivity index (χ2v) is 6.12. The quantitative estimate of drug-likeness (QED) is 0.742. The maximum atomic E-state index is 13.0. The number of carbonyl (C=O) groups is 2. The van der Waals surface area contributed by atoms with Gasteiger partial charge in [0.05, 0.1) is 11.6 Å². The molecule has 0 radical (unpaired) electrons. The molecule has 0 heterocycles. The molecule has 0 aromatic heterocycles. The van der Waals surface area contributed by atoms with Crippen LogP contribution >= 0.6 is 11.6 Å². The average molecular weight is 359 g/mol. The van der Waals surface area contributed by atoms with Gasteiger partial charge < -0.3 is 15.2 Å². The van der Waals surface area contributed by atoms with Gasteiger partial charge in [-0.25, -0.2) is 4.39 Å². The van der Waals surface area contributed by atoms with Crippen LogP contribution in [0.4, 0.5) is 4.39 Å². The fourth-order valence-corrected chi connectivity index (χ4v) is 2.83. The van der Waals surface area contributed by atoms with E-state index in [-0.39, 0.29) is 36.2 Å². The predicted octanol–water partition coefficient (Wildman–Crippen LogP) is 1.91. The van der Waals surface area contributed by atoms with E-state index in [4.69, 9.17) is 21.4 Å². The Morgan fingerprint density at radius 2 is 2.17 bits per heavy atom.